The van der Waals surface area contributed by atoms with Crippen LogP contribution in [0.5, 0.6) is 5.75 Å². The number of nitrogens with one attached hydrogen (secondary N) is 2. The van der Waals surface area contributed by atoms with Crippen LogP contribution >= 0.6 is 11.3 Å². The molecule has 116 valence electrons. The zero-order chi connectivity index (χ0) is 16.1. The Hall–Kier alpha value is -2.86. The topological polar surface area (TPSA) is 63.2 Å². The number of benzene rings is 1. The summed E-state index contributed by atoms with van der Waals surface area (Å²) < 4.78 is 5.19. The molecule has 6 heteroatoms. The van der Waals surface area contributed by atoms with Gasteiger partial charge in [0.05, 0.1) is 23.9 Å². The predicted octanol–water partition coefficient (Wildman–Crippen LogP) is 4.15. The lowest BCUT2D eigenvalue weighted by Crippen LogP contribution is -2.11. The second kappa shape index (κ2) is 6.93. The normalized spacial score (nSPS) is 10.1. The zero-order valence-corrected chi connectivity index (χ0v) is 13.3. The van der Waals surface area contributed by atoms with E-state index in [1.807, 2.05) is 41.8 Å². The van der Waals surface area contributed by atoms with E-state index in [9.17, 15) is 4.79 Å². The fourth-order valence-electron chi connectivity index (χ4n) is 1.99. The summed E-state index contributed by atoms with van der Waals surface area (Å²) in [5, 5.41) is 7.86. The van der Waals surface area contributed by atoms with Crippen molar-refractivity contribution in [3.05, 3.63) is 65.0 Å². The summed E-state index contributed by atoms with van der Waals surface area (Å²) in [5.41, 5.74) is 1.73. The number of nitrogens with zero attached hydrogens (tertiary/aromatic N) is 1. The number of hydrogen-bond acceptors (Lipinski definition) is 5. The molecule has 0 aliphatic rings. The van der Waals surface area contributed by atoms with Crippen LogP contribution in [0.1, 0.15) is 9.67 Å². The maximum absolute atomic E-state index is 12.0. The largest absolute Gasteiger partial charge is 0.497 e. The van der Waals surface area contributed by atoms with E-state index in [1.54, 1.807) is 25.4 Å². The molecule has 2 heterocycles. The Kier molecular flexibility index (Phi) is 4.54. The highest BCUT2D eigenvalue weighted by atomic mass is 32.1. The molecule has 0 atom stereocenters. The van der Waals surface area contributed by atoms with E-state index in [1.165, 1.54) is 11.3 Å². The van der Waals surface area contributed by atoms with Gasteiger partial charge in [-0.25, -0.2) is 4.98 Å². The molecule has 0 aliphatic carbocycles. The lowest BCUT2D eigenvalue weighted by atomic mass is 10.3. The van der Waals surface area contributed by atoms with Gasteiger partial charge >= 0.3 is 0 Å². The van der Waals surface area contributed by atoms with Gasteiger partial charge in [0, 0.05) is 11.8 Å². The quantitative estimate of drug-likeness (QED) is 0.740. The Morgan fingerprint density at radius 3 is 2.74 bits per heavy atom. The second-order valence-electron chi connectivity index (χ2n) is 4.72. The summed E-state index contributed by atoms with van der Waals surface area (Å²) in [7, 11) is 1.63. The fraction of sp³-hybridized carbons (Fsp3) is 0.0588. The highest BCUT2D eigenvalue weighted by molar-refractivity contribution is 7.12. The van der Waals surface area contributed by atoms with Crippen molar-refractivity contribution in [2.24, 2.45) is 0 Å². The third kappa shape index (κ3) is 3.87. The number of pyridine rings is 1. The van der Waals surface area contributed by atoms with Gasteiger partial charge in [-0.2, -0.15) is 0 Å². The molecule has 0 fully saturated rings. The molecule has 5 nitrogen and oxygen atoms in total. The molecule has 3 rings (SSSR count). The monoisotopic (exact) mass is 325 g/mol. The average Bonchev–Trinajstić information content (AvgIpc) is 3.11. The maximum Gasteiger partial charge on any atom is 0.266 e. The van der Waals surface area contributed by atoms with Crippen LogP contribution in [0.2, 0.25) is 0 Å². The number of thiophene rings is 1. The van der Waals surface area contributed by atoms with Gasteiger partial charge in [-0.1, -0.05) is 12.1 Å². The third-order valence-corrected chi connectivity index (χ3v) is 3.98. The minimum atomic E-state index is -0.152. The zero-order valence-electron chi connectivity index (χ0n) is 12.4. The second-order valence-corrected chi connectivity index (χ2v) is 5.67. The number of amides is 1. The first kappa shape index (κ1) is 15.1. The minimum absolute atomic E-state index is 0.152. The number of carbonyl (C=O) groups excluding carboxylic acids is 1. The average molecular weight is 325 g/mol. The first-order chi connectivity index (χ1) is 11.2. The molecular weight excluding hydrogens is 310 g/mol. The predicted molar refractivity (Wildman–Crippen MR) is 92.8 cm³/mol. The molecule has 2 N–H and O–H groups in total. The van der Waals surface area contributed by atoms with Gasteiger partial charge < -0.3 is 15.4 Å². The molecule has 0 unspecified atom stereocenters. The van der Waals surface area contributed by atoms with Crippen LogP contribution in [-0.4, -0.2) is 18.0 Å². The van der Waals surface area contributed by atoms with Gasteiger partial charge in [0.1, 0.15) is 11.6 Å². The smallest absolute Gasteiger partial charge is 0.266 e. The lowest BCUT2D eigenvalue weighted by molar-refractivity contribution is 0.103. The van der Waals surface area contributed by atoms with E-state index < -0.39 is 0 Å². The summed E-state index contributed by atoms with van der Waals surface area (Å²) >= 11 is 1.39. The lowest BCUT2D eigenvalue weighted by Gasteiger charge is -2.09. The molecule has 0 bridgehead atoms. The van der Waals surface area contributed by atoms with E-state index >= 15 is 0 Å². The minimum Gasteiger partial charge on any atom is -0.497 e. The highest BCUT2D eigenvalue weighted by Crippen LogP contribution is 2.21. The van der Waals surface area contributed by atoms with Gasteiger partial charge in [-0.15, -0.1) is 11.3 Å². The van der Waals surface area contributed by atoms with Gasteiger partial charge in [0.15, 0.2) is 0 Å². The summed E-state index contributed by atoms with van der Waals surface area (Å²) in [6.45, 7) is 0. The van der Waals surface area contributed by atoms with Crippen molar-refractivity contribution in [1.82, 2.24) is 4.98 Å². The van der Waals surface area contributed by atoms with Crippen molar-refractivity contribution in [2.45, 2.75) is 0 Å². The molecule has 1 aromatic carbocycles. The summed E-state index contributed by atoms with van der Waals surface area (Å²) in [5.74, 6) is 1.14. The summed E-state index contributed by atoms with van der Waals surface area (Å²) in [4.78, 5) is 16.9. The summed E-state index contributed by atoms with van der Waals surface area (Å²) in [6, 6.07) is 14.9. The summed E-state index contributed by atoms with van der Waals surface area (Å²) in [6.07, 6.45) is 1.67. The number of aromatic nitrogens is 1. The van der Waals surface area contributed by atoms with Crippen LogP contribution in [0.4, 0.5) is 17.2 Å². The van der Waals surface area contributed by atoms with Gasteiger partial charge in [0.25, 0.3) is 5.91 Å². The fourth-order valence-corrected chi connectivity index (χ4v) is 2.61. The van der Waals surface area contributed by atoms with Crippen molar-refractivity contribution in [3.63, 3.8) is 0 Å². The number of anilines is 3. The van der Waals surface area contributed by atoms with Gasteiger partial charge in [0.2, 0.25) is 0 Å². The van der Waals surface area contributed by atoms with Crippen LogP contribution in [0.15, 0.2) is 60.1 Å². The van der Waals surface area contributed by atoms with E-state index in [0.29, 0.717) is 10.7 Å². The van der Waals surface area contributed by atoms with Crippen LogP contribution in [-0.2, 0) is 0 Å². The third-order valence-electron chi connectivity index (χ3n) is 3.11. The number of hydrogen-bond donors (Lipinski definition) is 2. The Morgan fingerprint density at radius 1 is 1.13 bits per heavy atom. The number of ether oxygens (including phenoxy) is 1. The first-order valence-corrected chi connectivity index (χ1v) is 7.84. The number of carbonyl (C=O) groups is 1. The van der Waals surface area contributed by atoms with Crippen molar-refractivity contribution in [2.75, 3.05) is 17.7 Å². The van der Waals surface area contributed by atoms with E-state index in [0.717, 1.165) is 17.1 Å². The molecular formula is C17H15N3O2S. The van der Waals surface area contributed by atoms with Crippen molar-refractivity contribution < 1.29 is 9.53 Å². The van der Waals surface area contributed by atoms with E-state index in [2.05, 4.69) is 15.6 Å². The first-order valence-electron chi connectivity index (χ1n) is 6.96. The number of rotatable bonds is 5. The SMILES string of the molecule is COc1cccc(Nc2ccc(NC(=O)c3cccs3)nc2)c1. The Bertz CT molecular complexity index is 786. The Labute approximate surface area is 138 Å². The molecule has 0 spiro atoms. The molecule has 0 aliphatic heterocycles. The maximum atomic E-state index is 12.0. The van der Waals surface area contributed by atoms with Crippen molar-refractivity contribution in [1.29, 1.82) is 0 Å². The van der Waals surface area contributed by atoms with E-state index in [4.69, 9.17) is 4.74 Å². The van der Waals surface area contributed by atoms with E-state index in [-0.39, 0.29) is 5.91 Å². The van der Waals surface area contributed by atoms with Crippen molar-refractivity contribution >= 4 is 34.4 Å². The Balaban J connectivity index is 1.66. The van der Waals surface area contributed by atoms with Gasteiger partial charge in [-0.05, 0) is 35.7 Å². The molecule has 0 saturated heterocycles. The van der Waals surface area contributed by atoms with Crippen LogP contribution in [0.25, 0.3) is 0 Å². The molecule has 1 amide bonds. The molecule has 0 saturated carbocycles. The van der Waals surface area contributed by atoms with Crippen LogP contribution < -0.4 is 15.4 Å². The molecule has 2 aromatic heterocycles. The molecule has 0 radical (unpaired) electrons. The molecule has 23 heavy (non-hydrogen) atoms. The van der Waals surface area contributed by atoms with Crippen molar-refractivity contribution in [3.8, 4) is 5.75 Å². The van der Waals surface area contributed by atoms with Crippen LogP contribution in [0, 0.1) is 0 Å². The standard InChI is InChI=1S/C17H15N3O2S/c1-22-14-5-2-4-12(10-14)19-13-7-8-16(18-11-13)20-17(21)15-6-3-9-23-15/h2-11,19H,1H3,(H,18,20,21). The highest BCUT2D eigenvalue weighted by Gasteiger charge is 2.07. The molecule has 3 aromatic rings. The number of methoxy groups -OCH3 is 1. The Morgan fingerprint density at radius 2 is 2.04 bits per heavy atom. The van der Waals surface area contributed by atoms with Gasteiger partial charge in [-0.3, -0.25) is 4.79 Å². The van der Waals surface area contributed by atoms with Crippen LogP contribution in [0.3, 0.4) is 0 Å².